The molecule has 0 aliphatic heterocycles. The largest absolute Gasteiger partial charge is 0.481 e. The molecule has 0 saturated heterocycles. The van der Waals surface area contributed by atoms with Crippen LogP contribution in [0.2, 0.25) is 0 Å². The number of carbonyl (C=O) groups is 2. The van der Waals surface area contributed by atoms with Gasteiger partial charge in [0.15, 0.2) is 0 Å². The first kappa shape index (κ1) is 13.2. The molecule has 1 amide bonds. The zero-order valence-corrected chi connectivity index (χ0v) is 10.1. The van der Waals surface area contributed by atoms with E-state index >= 15 is 0 Å². The van der Waals surface area contributed by atoms with Gasteiger partial charge in [-0.05, 0) is 19.4 Å². The van der Waals surface area contributed by atoms with Crippen molar-refractivity contribution in [3.63, 3.8) is 0 Å². The molecule has 0 spiro atoms. The van der Waals surface area contributed by atoms with E-state index in [1.807, 2.05) is 6.07 Å². The lowest BCUT2D eigenvalue weighted by Gasteiger charge is -2.24. The van der Waals surface area contributed by atoms with Crippen molar-refractivity contribution in [3.8, 4) is 0 Å². The zero-order chi connectivity index (χ0) is 12.9. The maximum atomic E-state index is 11.6. The molecule has 0 saturated carbocycles. The van der Waals surface area contributed by atoms with E-state index in [1.165, 1.54) is 0 Å². The second-order valence-electron chi connectivity index (χ2n) is 4.13. The van der Waals surface area contributed by atoms with Crippen LogP contribution in [0.4, 0.5) is 0 Å². The smallest absolute Gasteiger partial charge is 0.314 e. The summed E-state index contributed by atoms with van der Waals surface area (Å²) in [6, 6.07) is 8.82. The summed E-state index contributed by atoms with van der Waals surface area (Å²) in [6.45, 7) is 3.88. The third-order valence-corrected chi connectivity index (χ3v) is 2.77. The van der Waals surface area contributed by atoms with Crippen LogP contribution in [0.15, 0.2) is 30.3 Å². The highest BCUT2D eigenvalue weighted by Gasteiger charge is 2.37. The van der Waals surface area contributed by atoms with Gasteiger partial charge in [-0.25, -0.2) is 0 Å². The van der Waals surface area contributed by atoms with Crippen LogP contribution in [0.25, 0.3) is 0 Å². The van der Waals surface area contributed by atoms with E-state index in [0.29, 0.717) is 12.1 Å². The number of carboxylic acid groups (broad SMARTS) is 1. The van der Waals surface area contributed by atoms with Crippen LogP contribution >= 0.6 is 0 Å². The molecular formula is C13H17NO3. The first-order chi connectivity index (χ1) is 8.00. The maximum Gasteiger partial charge on any atom is 0.314 e. The van der Waals surface area contributed by atoms with Crippen LogP contribution in [0.3, 0.4) is 0 Å². The number of nitrogens with one attached hydrogen (secondary N) is 1. The maximum absolute atomic E-state index is 11.6. The van der Waals surface area contributed by atoms with E-state index in [-0.39, 0.29) is 12.3 Å². The lowest BCUT2D eigenvalue weighted by atomic mass is 9.79. The number of aliphatic carboxylic acids is 1. The molecule has 1 unspecified atom stereocenters. The fraction of sp³-hybridized carbons (Fsp3) is 0.385. The summed E-state index contributed by atoms with van der Waals surface area (Å²) >= 11 is 0. The molecule has 0 aromatic heterocycles. The SMILES string of the molecule is CCNC(=O)CC(C)(C(=O)O)c1ccccc1. The normalized spacial score (nSPS) is 13.8. The minimum Gasteiger partial charge on any atom is -0.481 e. The minimum absolute atomic E-state index is 0.0554. The molecule has 0 bridgehead atoms. The molecule has 4 heteroatoms. The minimum atomic E-state index is -1.18. The molecule has 2 N–H and O–H groups in total. The summed E-state index contributed by atoms with van der Waals surface area (Å²) in [5, 5.41) is 11.9. The summed E-state index contributed by atoms with van der Waals surface area (Å²) < 4.78 is 0. The molecule has 0 heterocycles. The highest BCUT2D eigenvalue weighted by atomic mass is 16.4. The average Bonchev–Trinajstić information content (AvgIpc) is 2.30. The van der Waals surface area contributed by atoms with Crippen LogP contribution in [-0.4, -0.2) is 23.5 Å². The predicted molar refractivity (Wildman–Crippen MR) is 64.7 cm³/mol. The molecule has 17 heavy (non-hydrogen) atoms. The molecule has 1 atom stereocenters. The lowest BCUT2D eigenvalue weighted by Crippen LogP contribution is -2.38. The van der Waals surface area contributed by atoms with Crippen LogP contribution in [0, 0.1) is 0 Å². The fourth-order valence-electron chi connectivity index (χ4n) is 1.69. The van der Waals surface area contributed by atoms with Gasteiger partial charge < -0.3 is 10.4 Å². The molecule has 4 nitrogen and oxygen atoms in total. The second kappa shape index (κ2) is 5.48. The quantitative estimate of drug-likeness (QED) is 0.813. The van der Waals surface area contributed by atoms with Gasteiger partial charge in [-0.3, -0.25) is 9.59 Å². The standard InChI is InChI=1S/C13H17NO3/c1-3-14-11(15)9-13(2,12(16)17)10-7-5-4-6-8-10/h4-8H,3,9H2,1-2H3,(H,14,15)(H,16,17). The molecule has 1 aromatic rings. The molecule has 1 rings (SSSR count). The molecule has 1 aromatic carbocycles. The van der Waals surface area contributed by atoms with E-state index in [0.717, 1.165) is 0 Å². The fourth-order valence-corrected chi connectivity index (χ4v) is 1.69. The number of hydrogen-bond donors (Lipinski definition) is 2. The molecule has 92 valence electrons. The highest BCUT2D eigenvalue weighted by Crippen LogP contribution is 2.27. The van der Waals surface area contributed by atoms with Gasteiger partial charge in [-0.1, -0.05) is 30.3 Å². The van der Waals surface area contributed by atoms with Crippen molar-refractivity contribution < 1.29 is 14.7 Å². The van der Waals surface area contributed by atoms with Crippen molar-refractivity contribution >= 4 is 11.9 Å². The number of hydrogen-bond acceptors (Lipinski definition) is 2. The Morgan fingerprint density at radius 2 is 1.88 bits per heavy atom. The van der Waals surface area contributed by atoms with Gasteiger partial charge in [0.1, 0.15) is 0 Å². The average molecular weight is 235 g/mol. The third kappa shape index (κ3) is 3.06. The van der Waals surface area contributed by atoms with Crippen LogP contribution < -0.4 is 5.32 Å². The Labute approximate surface area is 101 Å². The first-order valence-electron chi connectivity index (χ1n) is 5.56. The number of rotatable bonds is 5. The number of amides is 1. The first-order valence-corrected chi connectivity index (χ1v) is 5.56. The Hall–Kier alpha value is -1.84. The molecule has 0 radical (unpaired) electrons. The zero-order valence-electron chi connectivity index (χ0n) is 10.1. The van der Waals surface area contributed by atoms with Crippen LogP contribution in [0.5, 0.6) is 0 Å². The second-order valence-corrected chi connectivity index (χ2v) is 4.13. The Morgan fingerprint density at radius 3 is 2.35 bits per heavy atom. The van der Waals surface area contributed by atoms with Crippen molar-refractivity contribution in [1.82, 2.24) is 5.32 Å². The molecular weight excluding hydrogens is 218 g/mol. The summed E-state index contributed by atoms with van der Waals surface area (Å²) in [6.07, 6.45) is -0.0554. The third-order valence-electron chi connectivity index (χ3n) is 2.77. The van der Waals surface area contributed by atoms with Crippen molar-refractivity contribution in [2.75, 3.05) is 6.54 Å². The number of benzene rings is 1. The van der Waals surface area contributed by atoms with Crippen LogP contribution in [0.1, 0.15) is 25.8 Å². The Morgan fingerprint density at radius 1 is 1.29 bits per heavy atom. The molecule has 0 aliphatic carbocycles. The van der Waals surface area contributed by atoms with E-state index < -0.39 is 11.4 Å². The summed E-state index contributed by atoms with van der Waals surface area (Å²) in [7, 11) is 0. The highest BCUT2D eigenvalue weighted by molar-refractivity contribution is 5.89. The van der Waals surface area contributed by atoms with Gasteiger partial charge in [0, 0.05) is 13.0 Å². The van der Waals surface area contributed by atoms with Crippen molar-refractivity contribution in [3.05, 3.63) is 35.9 Å². The van der Waals surface area contributed by atoms with Gasteiger partial charge in [-0.2, -0.15) is 0 Å². The summed E-state index contributed by atoms with van der Waals surface area (Å²) in [4.78, 5) is 22.9. The Kier molecular flexibility index (Phi) is 4.26. The van der Waals surface area contributed by atoms with Crippen molar-refractivity contribution in [1.29, 1.82) is 0 Å². The van der Waals surface area contributed by atoms with Crippen molar-refractivity contribution in [2.45, 2.75) is 25.7 Å². The van der Waals surface area contributed by atoms with E-state index in [2.05, 4.69) is 5.32 Å². The molecule has 0 fully saturated rings. The van der Waals surface area contributed by atoms with E-state index in [4.69, 9.17) is 0 Å². The Bertz CT molecular complexity index is 402. The summed E-state index contributed by atoms with van der Waals surface area (Å²) in [5.41, 5.74) is -0.542. The monoisotopic (exact) mass is 235 g/mol. The summed E-state index contributed by atoms with van der Waals surface area (Å²) in [5.74, 6) is -1.24. The number of carbonyl (C=O) groups excluding carboxylic acids is 1. The Balaban J connectivity index is 2.99. The van der Waals surface area contributed by atoms with E-state index in [1.54, 1.807) is 38.1 Å². The van der Waals surface area contributed by atoms with E-state index in [9.17, 15) is 14.7 Å². The van der Waals surface area contributed by atoms with Gasteiger partial charge in [-0.15, -0.1) is 0 Å². The van der Waals surface area contributed by atoms with Crippen LogP contribution in [-0.2, 0) is 15.0 Å². The number of carboxylic acids is 1. The molecule has 0 aliphatic rings. The van der Waals surface area contributed by atoms with Crippen molar-refractivity contribution in [2.24, 2.45) is 0 Å². The van der Waals surface area contributed by atoms with Gasteiger partial charge >= 0.3 is 5.97 Å². The van der Waals surface area contributed by atoms with Gasteiger partial charge in [0.05, 0.1) is 5.41 Å². The van der Waals surface area contributed by atoms with Gasteiger partial charge in [0.2, 0.25) is 5.91 Å². The predicted octanol–water partition coefficient (Wildman–Crippen LogP) is 1.56. The lowest BCUT2D eigenvalue weighted by molar-refractivity contribution is -0.145. The topological polar surface area (TPSA) is 66.4 Å². The van der Waals surface area contributed by atoms with Gasteiger partial charge in [0.25, 0.3) is 0 Å².